The van der Waals surface area contributed by atoms with Crippen LogP contribution in [0.1, 0.15) is 15.8 Å². The maximum Gasteiger partial charge on any atom is 0.337 e. The minimum Gasteiger partial charge on any atom is -0.478 e. The fraction of sp³-hybridized carbons (Fsp3) is 0.222. The second-order valence-electron chi connectivity index (χ2n) is 2.42. The largest absolute Gasteiger partial charge is 0.478 e. The van der Waals surface area contributed by atoms with Crippen molar-refractivity contribution in [2.45, 2.75) is 0 Å². The van der Waals surface area contributed by atoms with Gasteiger partial charge >= 0.3 is 5.97 Å². The van der Waals surface area contributed by atoms with Crippen molar-refractivity contribution in [3.63, 3.8) is 0 Å². The molecule has 1 rings (SSSR count). The zero-order chi connectivity index (χ0) is 12.6. The van der Waals surface area contributed by atoms with E-state index in [4.69, 9.17) is 10.6 Å². The van der Waals surface area contributed by atoms with Crippen molar-refractivity contribution in [1.82, 2.24) is 0 Å². The highest BCUT2D eigenvalue weighted by Gasteiger charge is 2.09. The SMILES string of the molecule is [2H]c1c([2H])c([2H])c(N(C)C)c(C(=O)O)c1[2H]. The van der Waals surface area contributed by atoms with Crippen LogP contribution in [-0.2, 0) is 0 Å². The molecule has 0 unspecified atom stereocenters. The summed E-state index contributed by atoms with van der Waals surface area (Å²) < 4.78 is 29.9. The van der Waals surface area contributed by atoms with Crippen LogP contribution in [0.4, 0.5) is 5.69 Å². The summed E-state index contributed by atoms with van der Waals surface area (Å²) in [5.41, 5.74) is -0.422. The number of nitrogens with zero attached hydrogens (tertiary/aromatic N) is 1. The van der Waals surface area contributed by atoms with Crippen LogP contribution in [0, 0.1) is 0 Å². The van der Waals surface area contributed by atoms with Gasteiger partial charge in [-0.25, -0.2) is 4.79 Å². The molecule has 1 aromatic carbocycles. The molecule has 3 heteroatoms. The Morgan fingerprint density at radius 3 is 2.58 bits per heavy atom. The van der Waals surface area contributed by atoms with Crippen molar-refractivity contribution in [1.29, 1.82) is 0 Å². The van der Waals surface area contributed by atoms with Crippen LogP contribution in [-0.4, -0.2) is 25.2 Å². The highest BCUT2D eigenvalue weighted by atomic mass is 16.4. The van der Waals surface area contributed by atoms with E-state index in [2.05, 4.69) is 0 Å². The summed E-state index contributed by atoms with van der Waals surface area (Å²) in [6.45, 7) is 0. The molecule has 1 aromatic rings. The highest BCUT2D eigenvalue weighted by Crippen LogP contribution is 2.17. The van der Waals surface area contributed by atoms with Crippen LogP contribution in [0.3, 0.4) is 0 Å². The van der Waals surface area contributed by atoms with Crippen LogP contribution < -0.4 is 4.90 Å². The van der Waals surface area contributed by atoms with Gasteiger partial charge in [0.25, 0.3) is 0 Å². The molecule has 0 saturated heterocycles. The van der Waals surface area contributed by atoms with Crippen LogP contribution in [0.15, 0.2) is 24.2 Å². The summed E-state index contributed by atoms with van der Waals surface area (Å²) in [5.74, 6) is -1.37. The zero-order valence-corrected chi connectivity index (χ0v) is 6.80. The van der Waals surface area contributed by atoms with Gasteiger partial charge in [-0.3, -0.25) is 0 Å². The molecule has 0 aliphatic heterocycles. The van der Waals surface area contributed by atoms with Gasteiger partial charge in [-0.1, -0.05) is 12.1 Å². The van der Waals surface area contributed by atoms with E-state index in [1.807, 2.05) is 0 Å². The Bertz CT molecular complexity index is 460. The molecular weight excluding hydrogens is 154 g/mol. The van der Waals surface area contributed by atoms with E-state index in [1.54, 1.807) is 0 Å². The predicted octanol–water partition coefficient (Wildman–Crippen LogP) is 1.45. The average Bonchev–Trinajstić information content (AvgIpc) is 2.18. The molecule has 1 N–H and O–H groups in total. The number of para-hydroxylation sites is 1. The topological polar surface area (TPSA) is 40.5 Å². The second-order valence-corrected chi connectivity index (χ2v) is 2.42. The van der Waals surface area contributed by atoms with Gasteiger partial charge in [-0.05, 0) is 12.1 Å². The lowest BCUT2D eigenvalue weighted by Gasteiger charge is -2.14. The van der Waals surface area contributed by atoms with Gasteiger partial charge in [0.15, 0.2) is 0 Å². The third kappa shape index (κ3) is 1.56. The molecule has 12 heavy (non-hydrogen) atoms. The van der Waals surface area contributed by atoms with Crippen LogP contribution in [0.5, 0.6) is 0 Å². The lowest BCUT2D eigenvalue weighted by atomic mass is 10.2. The molecular formula is C9H11NO2. The molecule has 0 aromatic heterocycles. The Hall–Kier alpha value is -1.51. The summed E-state index contributed by atoms with van der Waals surface area (Å²) in [6, 6.07) is -1.84. The smallest absolute Gasteiger partial charge is 0.337 e. The van der Waals surface area contributed by atoms with Crippen LogP contribution in [0.2, 0.25) is 0 Å². The highest BCUT2D eigenvalue weighted by molar-refractivity contribution is 5.94. The first kappa shape index (κ1) is 4.50. The van der Waals surface area contributed by atoms with Crippen LogP contribution >= 0.6 is 0 Å². The number of aromatic carboxylic acids is 1. The standard InChI is InChI=1S/C9H11NO2/c1-10(2)8-6-4-3-5-7(8)9(11)12/h3-6H,1-2H3,(H,11,12)/i3D,4D,5D,6D. The molecule has 0 radical (unpaired) electrons. The summed E-state index contributed by atoms with van der Waals surface area (Å²) >= 11 is 0. The second kappa shape index (κ2) is 3.26. The van der Waals surface area contributed by atoms with Crippen molar-refractivity contribution < 1.29 is 15.4 Å². The van der Waals surface area contributed by atoms with E-state index >= 15 is 0 Å². The predicted molar refractivity (Wildman–Crippen MR) is 47.7 cm³/mol. The molecule has 0 spiro atoms. The Balaban J connectivity index is 3.76. The molecule has 0 amide bonds. The first-order valence-electron chi connectivity index (χ1n) is 5.30. The third-order valence-electron chi connectivity index (χ3n) is 1.33. The van der Waals surface area contributed by atoms with Crippen molar-refractivity contribution in [3.8, 4) is 0 Å². The van der Waals surface area contributed by atoms with Crippen molar-refractivity contribution in [2.24, 2.45) is 0 Å². The van der Waals surface area contributed by atoms with Crippen LogP contribution in [0.25, 0.3) is 0 Å². The number of hydrogen-bond donors (Lipinski definition) is 1. The van der Waals surface area contributed by atoms with Gasteiger partial charge < -0.3 is 10.0 Å². The Kier molecular flexibility index (Phi) is 1.22. The fourth-order valence-electron chi connectivity index (χ4n) is 0.796. The number of hydrogen-bond acceptors (Lipinski definition) is 2. The van der Waals surface area contributed by atoms with Crippen molar-refractivity contribution in [2.75, 3.05) is 19.0 Å². The molecule has 3 nitrogen and oxygen atoms in total. The zero-order valence-electron chi connectivity index (χ0n) is 10.8. The fourth-order valence-corrected chi connectivity index (χ4v) is 0.796. The van der Waals surface area contributed by atoms with Gasteiger partial charge in [0.1, 0.15) is 0 Å². The van der Waals surface area contributed by atoms with E-state index < -0.39 is 29.7 Å². The molecule has 64 valence electrons. The van der Waals surface area contributed by atoms with Crippen molar-refractivity contribution >= 4 is 11.7 Å². The number of carbonyl (C=O) groups is 1. The number of carboxylic acids is 1. The first-order chi connectivity index (χ1) is 7.29. The number of anilines is 1. The van der Waals surface area contributed by atoms with Gasteiger partial charge in [0.05, 0.1) is 16.7 Å². The lowest BCUT2D eigenvalue weighted by Crippen LogP contribution is -2.13. The molecule has 0 bridgehead atoms. The van der Waals surface area contributed by atoms with E-state index in [0.29, 0.717) is 0 Å². The Labute approximate surface area is 76.9 Å². The van der Waals surface area contributed by atoms with Crippen molar-refractivity contribution in [3.05, 3.63) is 29.7 Å². The summed E-state index contributed by atoms with van der Waals surface area (Å²) in [5, 5.41) is 8.96. The number of benzene rings is 1. The summed E-state index contributed by atoms with van der Waals surface area (Å²) in [4.78, 5) is 12.4. The van der Waals surface area contributed by atoms with E-state index in [9.17, 15) is 4.79 Å². The van der Waals surface area contributed by atoms with Gasteiger partial charge in [-0.15, -0.1) is 0 Å². The van der Waals surface area contributed by atoms with Gasteiger partial charge in [-0.2, -0.15) is 0 Å². The molecule has 0 fully saturated rings. The minimum atomic E-state index is -1.37. The maximum atomic E-state index is 11.0. The summed E-state index contributed by atoms with van der Waals surface area (Å²) in [6.07, 6.45) is 0. The van der Waals surface area contributed by atoms with E-state index in [-0.39, 0.29) is 11.7 Å². The number of carboxylic acid groups (broad SMARTS) is 1. The normalized spacial score (nSPS) is 14.2. The van der Waals surface area contributed by atoms with E-state index in [0.717, 1.165) is 0 Å². The quantitative estimate of drug-likeness (QED) is 0.728. The number of rotatable bonds is 2. The molecule has 0 aliphatic carbocycles. The monoisotopic (exact) mass is 169 g/mol. The average molecular weight is 169 g/mol. The Morgan fingerprint density at radius 1 is 1.50 bits per heavy atom. The lowest BCUT2D eigenvalue weighted by molar-refractivity contribution is 0.0697. The molecule has 0 atom stereocenters. The maximum absolute atomic E-state index is 11.0. The van der Waals surface area contributed by atoms with Gasteiger partial charge in [0.2, 0.25) is 0 Å². The molecule has 0 aliphatic rings. The van der Waals surface area contributed by atoms with Gasteiger partial charge in [0, 0.05) is 14.1 Å². The first-order valence-corrected chi connectivity index (χ1v) is 3.30. The Morgan fingerprint density at radius 2 is 2.08 bits per heavy atom. The third-order valence-corrected chi connectivity index (χ3v) is 1.33. The minimum absolute atomic E-state index is 0.0153. The molecule has 0 saturated carbocycles. The van der Waals surface area contributed by atoms with E-state index in [1.165, 1.54) is 19.0 Å². The molecule has 0 heterocycles. The summed E-state index contributed by atoms with van der Waals surface area (Å²) in [7, 11) is 3.06.